The number of piperidine rings is 1. The minimum atomic E-state index is -0.203. The number of thiophene rings is 1. The Kier molecular flexibility index (Phi) is 4.37. The lowest BCUT2D eigenvalue weighted by atomic mass is 9.97. The second-order valence-corrected chi connectivity index (χ2v) is 6.21. The normalized spacial score (nSPS) is 25.1. The van der Waals surface area contributed by atoms with E-state index in [0.29, 0.717) is 17.0 Å². The van der Waals surface area contributed by atoms with E-state index in [-0.39, 0.29) is 5.91 Å². The van der Waals surface area contributed by atoms with Gasteiger partial charge in [-0.15, -0.1) is 11.3 Å². The lowest BCUT2D eigenvalue weighted by molar-refractivity contribution is 0.0957. The smallest absolute Gasteiger partial charge is 0.275 e. The lowest BCUT2D eigenvalue weighted by Gasteiger charge is -2.38. The summed E-state index contributed by atoms with van der Waals surface area (Å²) in [6, 6.07) is 5.13. The van der Waals surface area contributed by atoms with Crippen molar-refractivity contribution in [1.29, 1.82) is 0 Å². The van der Waals surface area contributed by atoms with Crippen molar-refractivity contribution >= 4 is 17.2 Å². The van der Waals surface area contributed by atoms with Gasteiger partial charge in [-0.2, -0.15) is 0 Å². The molecule has 2 heterocycles. The molecule has 5 heteroatoms. The van der Waals surface area contributed by atoms with E-state index < -0.39 is 0 Å². The van der Waals surface area contributed by atoms with Crippen LogP contribution in [-0.2, 0) is 6.54 Å². The van der Waals surface area contributed by atoms with E-state index in [0.717, 1.165) is 6.54 Å². The molecule has 0 radical (unpaired) electrons. The van der Waals surface area contributed by atoms with Crippen molar-refractivity contribution in [3.63, 3.8) is 0 Å². The number of hydrogen-bond acceptors (Lipinski definition) is 4. The predicted octanol–water partition coefficient (Wildman–Crippen LogP) is 2.11. The standard InChI is InChI=1S/C13H21N3OS/c1-9-4-3-5-10(2)16(9)8-11-6-7-12(18-11)13(17)15-14/h6-7,9-10H,3-5,8,14H2,1-2H3,(H,15,17)/t9-,10+. The average molecular weight is 267 g/mol. The Morgan fingerprint density at radius 3 is 2.72 bits per heavy atom. The number of amides is 1. The van der Waals surface area contributed by atoms with Crippen molar-refractivity contribution in [3.8, 4) is 0 Å². The van der Waals surface area contributed by atoms with Gasteiger partial charge in [-0.3, -0.25) is 15.1 Å². The summed E-state index contributed by atoms with van der Waals surface area (Å²) >= 11 is 1.53. The first-order valence-electron chi connectivity index (χ1n) is 6.47. The van der Waals surface area contributed by atoms with E-state index in [1.165, 1.54) is 35.5 Å². The fourth-order valence-electron chi connectivity index (χ4n) is 2.62. The summed E-state index contributed by atoms with van der Waals surface area (Å²) in [5.41, 5.74) is 2.17. The number of nitrogens with two attached hydrogens (primary N) is 1. The van der Waals surface area contributed by atoms with E-state index in [1.807, 2.05) is 12.1 Å². The highest BCUT2D eigenvalue weighted by Crippen LogP contribution is 2.27. The van der Waals surface area contributed by atoms with Crippen molar-refractivity contribution in [2.75, 3.05) is 0 Å². The molecular weight excluding hydrogens is 246 g/mol. The van der Waals surface area contributed by atoms with Gasteiger partial charge in [-0.25, -0.2) is 5.84 Å². The zero-order chi connectivity index (χ0) is 13.1. The van der Waals surface area contributed by atoms with Crippen LogP contribution in [0.1, 0.15) is 47.7 Å². The minimum absolute atomic E-state index is 0.203. The maximum Gasteiger partial charge on any atom is 0.275 e. The van der Waals surface area contributed by atoms with Crippen LogP contribution in [0.4, 0.5) is 0 Å². The fourth-order valence-corrected chi connectivity index (χ4v) is 3.54. The Hall–Kier alpha value is -0.910. The number of likely N-dealkylation sites (tertiary alicyclic amines) is 1. The molecule has 0 aromatic carbocycles. The first-order valence-corrected chi connectivity index (χ1v) is 7.29. The molecule has 0 bridgehead atoms. The average Bonchev–Trinajstić information content (AvgIpc) is 2.81. The maximum atomic E-state index is 11.4. The van der Waals surface area contributed by atoms with Gasteiger partial charge in [0.15, 0.2) is 0 Å². The molecule has 4 nitrogen and oxygen atoms in total. The summed E-state index contributed by atoms with van der Waals surface area (Å²) in [5.74, 6) is 4.94. The highest BCUT2D eigenvalue weighted by atomic mass is 32.1. The summed E-state index contributed by atoms with van der Waals surface area (Å²) in [5, 5.41) is 0. The Labute approximate surface area is 112 Å². The molecule has 1 fully saturated rings. The van der Waals surface area contributed by atoms with Gasteiger partial charge in [0, 0.05) is 23.5 Å². The fraction of sp³-hybridized carbons (Fsp3) is 0.615. The molecule has 1 aromatic rings. The Morgan fingerprint density at radius 1 is 1.44 bits per heavy atom. The second kappa shape index (κ2) is 5.82. The topological polar surface area (TPSA) is 58.4 Å². The third-order valence-corrected chi connectivity index (χ3v) is 4.80. The van der Waals surface area contributed by atoms with Crippen molar-refractivity contribution in [1.82, 2.24) is 10.3 Å². The number of hydrogen-bond donors (Lipinski definition) is 2. The molecule has 0 aliphatic carbocycles. The van der Waals surface area contributed by atoms with Crippen molar-refractivity contribution in [3.05, 3.63) is 21.9 Å². The summed E-state index contributed by atoms with van der Waals surface area (Å²) in [7, 11) is 0. The first-order chi connectivity index (χ1) is 8.61. The molecule has 2 atom stereocenters. The number of nitrogen functional groups attached to an aromatic ring is 1. The monoisotopic (exact) mass is 267 g/mol. The molecule has 1 aliphatic rings. The third-order valence-electron chi connectivity index (χ3n) is 3.73. The molecule has 1 saturated heterocycles. The molecule has 0 saturated carbocycles. The lowest BCUT2D eigenvalue weighted by Crippen LogP contribution is -2.42. The van der Waals surface area contributed by atoms with Crippen molar-refractivity contribution < 1.29 is 4.79 Å². The molecule has 3 N–H and O–H groups in total. The van der Waals surface area contributed by atoms with Crippen LogP contribution in [0.15, 0.2) is 12.1 Å². The molecule has 0 unspecified atom stereocenters. The number of carbonyl (C=O) groups is 1. The number of hydrazine groups is 1. The number of nitrogens with one attached hydrogen (secondary N) is 1. The van der Waals surface area contributed by atoms with Gasteiger partial charge in [0.2, 0.25) is 0 Å². The number of carbonyl (C=O) groups excluding carboxylic acids is 1. The first kappa shape index (κ1) is 13.5. The summed E-state index contributed by atoms with van der Waals surface area (Å²) in [4.78, 5) is 15.9. The Bertz CT molecular complexity index is 408. The van der Waals surface area contributed by atoms with Gasteiger partial charge in [0.05, 0.1) is 4.88 Å². The summed E-state index contributed by atoms with van der Waals surface area (Å²) in [6.07, 6.45) is 3.86. The van der Waals surface area contributed by atoms with Gasteiger partial charge < -0.3 is 0 Å². The summed E-state index contributed by atoms with van der Waals surface area (Å²) in [6.45, 7) is 5.51. The highest BCUT2D eigenvalue weighted by molar-refractivity contribution is 7.14. The molecule has 2 rings (SSSR count). The second-order valence-electron chi connectivity index (χ2n) is 5.04. The van der Waals surface area contributed by atoms with Crippen LogP contribution >= 0.6 is 11.3 Å². The van der Waals surface area contributed by atoms with Crippen LogP contribution in [0.5, 0.6) is 0 Å². The minimum Gasteiger partial charge on any atom is -0.293 e. The molecule has 0 spiro atoms. The van der Waals surface area contributed by atoms with Crippen molar-refractivity contribution in [2.24, 2.45) is 5.84 Å². The van der Waals surface area contributed by atoms with Gasteiger partial charge in [-0.05, 0) is 38.8 Å². The molecule has 100 valence electrons. The van der Waals surface area contributed by atoms with Crippen LogP contribution in [0, 0.1) is 0 Å². The largest absolute Gasteiger partial charge is 0.293 e. The quantitative estimate of drug-likeness (QED) is 0.501. The van der Waals surface area contributed by atoms with Crippen LogP contribution in [0.2, 0.25) is 0 Å². The van der Waals surface area contributed by atoms with E-state index in [9.17, 15) is 4.79 Å². The van der Waals surface area contributed by atoms with Gasteiger partial charge >= 0.3 is 0 Å². The van der Waals surface area contributed by atoms with Gasteiger partial charge in [-0.1, -0.05) is 6.42 Å². The van der Waals surface area contributed by atoms with Crippen LogP contribution < -0.4 is 11.3 Å². The molecule has 18 heavy (non-hydrogen) atoms. The number of nitrogens with zero attached hydrogens (tertiary/aromatic N) is 1. The Morgan fingerprint density at radius 2 is 2.11 bits per heavy atom. The molecular formula is C13H21N3OS. The summed E-state index contributed by atoms with van der Waals surface area (Å²) < 4.78 is 0. The Balaban J connectivity index is 2.04. The van der Waals surface area contributed by atoms with E-state index in [4.69, 9.17) is 5.84 Å². The molecule has 1 amide bonds. The zero-order valence-electron chi connectivity index (χ0n) is 11.0. The van der Waals surface area contributed by atoms with Gasteiger partial charge in [0.25, 0.3) is 5.91 Å². The number of rotatable bonds is 3. The molecule has 1 aliphatic heterocycles. The van der Waals surface area contributed by atoms with E-state index >= 15 is 0 Å². The maximum absolute atomic E-state index is 11.4. The SMILES string of the molecule is C[C@@H]1CCC[C@H](C)N1Cc1ccc(C(=O)NN)s1. The zero-order valence-corrected chi connectivity index (χ0v) is 11.8. The molecule has 1 aromatic heterocycles. The van der Waals surface area contributed by atoms with Crippen molar-refractivity contribution in [2.45, 2.75) is 51.7 Å². The third kappa shape index (κ3) is 2.91. The van der Waals surface area contributed by atoms with E-state index in [1.54, 1.807) is 0 Å². The van der Waals surface area contributed by atoms with Crippen LogP contribution in [0.25, 0.3) is 0 Å². The predicted molar refractivity (Wildman–Crippen MR) is 74.3 cm³/mol. The van der Waals surface area contributed by atoms with E-state index in [2.05, 4.69) is 24.2 Å². The van der Waals surface area contributed by atoms with Gasteiger partial charge in [0.1, 0.15) is 0 Å². The van der Waals surface area contributed by atoms with Crippen LogP contribution in [-0.4, -0.2) is 22.9 Å². The highest BCUT2D eigenvalue weighted by Gasteiger charge is 2.25. The van der Waals surface area contributed by atoms with Crippen LogP contribution in [0.3, 0.4) is 0 Å².